The van der Waals surface area contributed by atoms with E-state index in [9.17, 15) is 4.39 Å². The average molecular weight is 241 g/mol. The van der Waals surface area contributed by atoms with Crippen molar-refractivity contribution in [1.82, 2.24) is 4.98 Å². The van der Waals surface area contributed by atoms with Crippen LogP contribution in [0.5, 0.6) is 0 Å². The number of benzene rings is 1. The Labute approximate surface area is 105 Å². The summed E-state index contributed by atoms with van der Waals surface area (Å²) in [4.78, 5) is 6.17. The van der Waals surface area contributed by atoms with Crippen LogP contribution in [0.4, 0.5) is 15.9 Å². The molecule has 0 radical (unpaired) electrons. The van der Waals surface area contributed by atoms with Gasteiger partial charge in [-0.15, -0.1) is 0 Å². The second kappa shape index (κ2) is 4.84. The van der Waals surface area contributed by atoms with Gasteiger partial charge in [0.1, 0.15) is 11.6 Å². The van der Waals surface area contributed by atoms with Gasteiger partial charge in [0.05, 0.1) is 11.6 Å². The Morgan fingerprint density at radius 1 is 1.22 bits per heavy atom. The summed E-state index contributed by atoms with van der Waals surface area (Å²) < 4.78 is 12.9. The zero-order valence-corrected chi connectivity index (χ0v) is 10.2. The van der Waals surface area contributed by atoms with E-state index >= 15 is 0 Å². The fourth-order valence-electron chi connectivity index (χ4n) is 1.68. The minimum Gasteiger partial charge on any atom is -0.329 e. The highest BCUT2D eigenvalue weighted by molar-refractivity contribution is 5.60. The fraction of sp³-hybridized carbons (Fsp3) is 0.143. The van der Waals surface area contributed by atoms with Crippen LogP contribution < -0.4 is 4.90 Å². The van der Waals surface area contributed by atoms with Gasteiger partial charge < -0.3 is 4.90 Å². The molecule has 0 saturated carbocycles. The Hall–Kier alpha value is -2.41. The summed E-state index contributed by atoms with van der Waals surface area (Å²) in [5, 5.41) is 8.93. The highest BCUT2D eigenvalue weighted by Crippen LogP contribution is 2.23. The number of pyridine rings is 1. The molecule has 0 spiro atoms. The van der Waals surface area contributed by atoms with Gasteiger partial charge in [-0.3, -0.25) is 0 Å². The van der Waals surface area contributed by atoms with E-state index in [2.05, 4.69) is 11.1 Å². The minimum atomic E-state index is -0.276. The molecule has 1 heterocycles. The van der Waals surface area contributed by atoms with Crippen LogP contribution in [-0.2, 0) is 0 Å². The van der Waals surface area contributed by atoms with Crippen molar-refractivity contribution in [2.45, 2.75) is 6.92 Å². The van der Waals surface area contributed by atoms with Crippen LogP contribution in [0.1, 0.15) is 11.3 Å². The molecule has 2 rings (SSSR count). The van der Waals surface area contributed by atoms with Crippen LogP contribution in [-0.4, -0.2) is 12.0 Å². The monoisotopic (exact) mass is 241 g/mol. The summed E-state index contributed by atoms with van der Waals surface area (Å²) in [6, 6.07) is 11.7. The van der Waals surface area contributed by atoms with Crippen molar-refractivity contribution in [3.05, 3.63) is 53.5 Å². The highest BCUT2D eigenvalue weighted by Gasteiger charge is 2.07. The van der Waals surface area contributed by atoms with Crippen LogP contribution in [0.15, 0.2) is 36.4 Å². The van der Waals surface area contributed by atoms with Gasteiger partial charge in [-0.2, -0.15) is 5.26 Å². The predicted molar refractivity (Wildman–Crippen MR) is 68.2 cm³/mol. The first kappa shape index (κ1) is 12.1. The van der Waals surface area contributed by atoms with Crippen molar-refractivity contribution in [2.24, 2.45) is 0 Å². The molecule has 18 heavy (non-hydrogen) atoms. The average Bonchev–Trinajstić information content (AvgIpc) is 2.38. The maximum atomic E-state index is 12.9. The van der Waals surface area contributed by atoms with Gasteiger partial charge in [-0.25, -0.2) is 9.37 Å². The SMILES string of the molecule is Cc1cc(C#N)cc(N(C)c2ccc(F)cc2)n1. The molecule has 0 amide bonds. The van der Waals surface area contributed by atoms with E-state index in [-0.39, 0.29) is 5.82 Å². The van der Waals surface area contributed by atoms with E-state index < -0.39 is 0 Å². The molecule has 1 aromatic heterocycles. The number of nitrogens with zero attached hydrogens (tertiary/aromatic N) is 3. The summed E-state index contributed by atoms with van der Waals surface area (Å²) in [6.07, 6.45) is 0. The Balaban J connectivity index is 2.39. The number of anilines is 2. The van der Waals surface area contributed by atoms with Crippen LogP contribution in [0.3, 0.4) is 0 Å². The predicted octanol–water partition coefficient (Wildman–Crippen LogP) is 3.17. The molecule has 0 fully saturated rings. The first-order valence-electron chi connectivity index (χ1n) is 5.48. The number of hydrogen-bond acceptors (Lipinski definition) is 3. The zero-order chi connectivity index (χ0) is 13.1. The molecule has 0 saturated heterocycles. The van der Waals surface area contributed by atoms with Crippen molar-refractivity contribution in [3.8, 4) is 6.07 Å². The molecule has 2 aromatic rings. The highest BCUT2D eigenvalue weighted by atomic mass is 19.1. The second-order valence-corrected chi connectivity index (χ2v) is 4.00. The largest absolute Gasteiger partial charge is 0.329 e. The molecule has 0 aliphatic carbocycles. The third kappa shape index (κ3) is 2.46. The lowest BCUT2D eigenvalue weighted by Gasteiger charge is -2.18. The Morgan fingerprint density at radius 3 is 2.50 bits per heavy atom. The molecule has 0 N–H and O–H groups in total. The van der Waals surface area contributed by atoms with E-state index in [1.807, 2.05) is 18.9 Å². The van der Waals surface area contributed by atoms with Gasteiger partial charge in [0.2, 0.25) is 0 Å². The van der Waals surface area contributed by atoms with Gasteiger partial charge in [-0.1, -0.05) is 0 Å². The molecule has 0 atom stereocenters. The molecule has 1 aromatic carbocycles. The van der Waals surface area contributed by atoms with Gasteiger partial charge in [0, 0.05) is 18.4 Å². The summed E-state index contributed by atoms with van der Waals surface area (Å²) >= 11 is 0. The van der Waals surface area contributed by atoms with E-state index in [0.29, 0.717) is 11.4 Å². The molecule has 0 aliphatic heterocycles. The minimum absolute atomic E-state index is 0.276. The smallest absolute Gasteiger partial charge is 0.134 e. The summed E-state index contributed by atoms with van der Waals surface area (Å²) in [6.45, 7) is 1.84. The molecular formula is C14H12FN3. The third-order valence-electron chi connectivity index (χ3n) is 2.63. The van der Waals surface area contributed by atoms with Crippen LogP contribution in [0.2, 0.25) is 0 Å². The quantitative estimate of drug-likeness (QED) is 0.810. The molecular weight excluding hydrogens is 229 g/mol. The normalized spacial score (nSPS) is 9.89. The number of nitriles is 1. The molecule has 0 aliphatic rings. The van der Waals surface area contributed by atoms with Crippen molar-refractivity contribution in [2.75, 3.05) is 11.9 Å². The molecule has 90 valence electrons. The molecule has 0 unspecified atom stereocenters. The van der Waals surface area contributed by atoms with Crippen LogP contribution >= 0.6 is 0 Å². The Morgan fingerprint density at radius 2 is 1.89 bits per heavy atom. The summed E-state index contributed by atoms with van der Waals surface area (Å²) in [5.41, 5.74) is 2.16. The second-order valence-electron chi connectivity index (χ2n) is 4.00. The Bertz CT molecular complexity index is 599. The van der Waals surface area contributed by atoms with Gasteiger partial charge in [-0.05, 0) is 43.3 Å². The Kier molecular flexibility index (Phi) is 3.24. The van der Waals surface area contributed by atoms with E-state index in [4.69, 9.17) is 5.26 Å². The first-order valence-corrected chi connectivity index (χ1v) is 5.48. The molecule has 3 nitrogen and oxygen atoms in total. The van der Waals surface area contributed by atoms with E-state index in [1.165, 1.54) is 12.1 Å². The zero-order valence-electron chi connectivity index (χ0n) is 10.2. The number of rotatable bonds is 2. The number of hydrogen-bond donors (Lipinski definition) is 0. The molecule has 0 bridgehead atoms. The van der Waals surface area contributed by atoms with E-state index in [0.717, 1.165) is 11.4 Å². The summed E-state index contributed by atoms with van der Waals surface area (Å²) in [7, 11) is 1.83. The lowest BCUT2D eigenvalue weighted by atomic mass is 10.2. The topological polar surface area (TPSA) is 39.9 Å². The van der Waals surface area contributed by atoms with Crippen molar-refractivity contribution >= 4 is 11.5 Å². The number of aromatic nitrogens is 1. The van der Waals surface area contributed by atoms with Crippen LogP contribution in [0, 0.1) is 24.1 Å². The lowest BCUT2D eigenvalue weighted by Crippen LogP contribution is -2.11. The van der Waals surface area contributed by atoms with Gasteiger partial charge in [0.25, 0.3) is 0 Å². The van der Waals surface area contributed by atoms with Gasteiger partial charge >= 0.3 is 0 Å². The van der Waals surface area contributed by atoms with Gasteiger partial charge in [0.15, 0.2) is 0 Å². The van der Waals surface area contributed by atoms with E-state index in [1.54, 1.807) is 24.3 Å². The lowest BCUT2D eigenvalue weighted by molar-refractivity contribution is 0.628. The van der Waals surface area contributed by atoms with Crippen LogP contribution in [0.25, 0.3) is 0 Å². The number of halogens is 1. The van der Waals surface area contributed by atoms with Crippen molar-refractivity contribution < 1.29 is 4.39 Å². The standard InChI is InChI=1S/C14H12FN3/c1-10-7-11(9-16)8-14(17-10)18(2)13-5-3-12(15)4-6-13/h3-8H,1-2H3. The molecule has 4 heteroatoms. The summed E-state index contributed by atoms with van der Waals surface area (Å²) in [5.74, 6) is 0.389. The van der Waals surface area contributed by atoms with Crippen molar-refractivity contribution in [3.63, 3.8) is 0 Å². The fourth-order valence-corrected chi connectivity index (χ4v) is 1.68. The first-order chi connectivity index (χ1) is 8.60. The van der Waals surface area contributed by atoms with Crippen molar-refractivity contribution in [1.29, 1.82) is 5.26 Å². The number of aryl methyl sites for hydroxylation is 1. The maximum Gasteiger partial charge on any atom is 0.134 e. The maximum absolute atomic E-state index is 12.9. The third-order valence-corrected chi connectivity index (χ3v) is 2.63.